The molecular weight excluding hydrogens is 389 g/mol. The molecule has 0 aromatic heterocycles. The van der Waals surface area contributed by atoms with Crippen LogP contribution in [0.2, 0.25) is 0 Å². The Balaban J connectivity index is 1.64. The standard InChI is InChI=1S/C11H14O4S6/c1-12-14-3-6-7(4-15-13-2)19-10(18-6)11-20-8-9(21-11)17-5-16-8/h6-7H,3-5H2,1-2H3. The SMILES string of the molecule is COOCC1SC(=C2SC3=C(SCS3)S2)SC1COOC. The third-order valence-corrected chi connectivity index (χ3v) is 12.0. The zero-order valence-corrected chi connectivity index (χ0v) is 16.3. The van der Waals surface area contributed by atoms with Crippen molar-refractivity contribution in [2.45, 2.75) is 10.5 Å². The van der Waals surface area contributed by atoms with Gasteiger partial charge in [0.25, 0.3) is 0 Å². The summed E-state index contributed by atoms with van der Waals surface area (Å²) in [4.78, 5) is 19.7. The Morgan fingerprint density at radius 1 is 0.810 bits per heavy atom. The number of thioether (sulfide) groups is 6. The fraction of sp³-hybridized carbons (Fsp3) is 0.636. The minimum Gasteiger partial charge on any atom is -0.240 e. The van der Waals surface area contributed by atoms with E-state index in [4.69, 9.17) is 19.6 Å². The van der Waals surface area contributed by atoms with Crippen LogP contribution in [0, 0.1) is 0 Å². The minimum atomic E-state index is 0.310. The first-order chi connectivity index (χ1) is 10.3. The van der Waals surface area contributed by atoms with Gasteiger partial charge >= 0.3 is 0 Å². The predicted octanol–water partition coefficient (Wildman–Crippen LogP) is 4.53. The molecule has 2 atom stereocenters. The van der Waals surface area contributed by atoms with Crippen LogP contribution in [0.1, 0.15) is 0 Å². The van der Waals surface area contributed by atoms with E-state index in [1.165, 1.54) is 16.9 Å². The maximum atomic E-state index is 5.13. The van der Waals surface area contributed by atoms with Gasteiger partial charge in [-0.2, -0.15) is 0 Å². The van der Waals surface area contributed by atoms with Crippen molar-refractivity contribution in [3.63, 3.8) is 0 Å². The summed E-state index contributed by atoms with van der Waals surface area (Å²) in [5.41, 5.74) is 0. The molecule has 21 heavy (non-hydrogen) atoms. The second kappa shape index (κ2) is 8.50. The first-order valence-corrected chi connectivity index (χ1v) is 11.4. The Bertz CT molecular complexity index is 418. The molecule has 1 saturated heterocycles. The van der Waals surface area contributed by atoms with E-state index in [0.717, 1.165) is 5.08 Å². The largest absolute Gasteiger partial charge is 0.240 e. The van der Waals surface area contributed by atoms with E-state index in [9.17, 15) is 0 Å². The van der Waals surface area contributed by atoms with Crippen molar-refractivity contribution in [2.24, 2.45) is 0 Å². The van der Waals surface area contributed by atoms with Crippen LogP contribution >= 0.6 is 70.6 Å². The summed E-state index contributed by atoms with van der Waals surface area (Å²) in [7, 11) is 3.08. The Morgan fingerprint density at radius 2 is 1.33 bits per heavy atom. The first-order valence-electron chi connectivity index (χ1n) is 6.06. The average molecular weight is 403 g/mol. The molecule has 0 amide bonds. The first kappa shape index (κ1) is 17.2. The molecular formula is C11H14O4S6. The molecule has 0 radical (unpaired) electrons. The lowest BCUT2D eigenvalue weighted by atomic mass is 10.3. The third-order valence-electron chi connectivity index (χ3n) is 2.72. The molecule has 1 fully saturated rings. The normalized spacial score (nSPS) is 28.9. The molecule has 2 unspecified atom stereocenters. The van der Waals surface area contributed by atoms with Crippen molar-refractivity contribution >= 4 is 70.6 Å². The van der Waals surface area contributed by atoms with Gasteiger partial charge in [0.15, 0.2) is 0 Å². The van der Waals surface area contributed by atoms with Gasteiger partial charge in [-0.05, 0) is 0 Å². The van der Waals surface area contributed by atoms with Crippen LogP contribution in [0.15, 0.2) is 16.9 Å². The second-order valence-corrected chi connectivity index (χ2v) is 11.9. The average Bonchev–Trinajstić information content (AvgIpc) is 3.16. The molecule has 0 aromatic rings. The molecule has 0 aromatic carbocycles. The van der Waals surface area contributed by atoms with Crippen LogP contribution < -0.4 is 0 Å². The molecule has 118 valence electrons. The van der Waals surface area contributed by atoms with Gasteiger partial charge in [-0.1, -0.05) is 23.5 Å². The molecule has 4 nitrogen and oxygen atoms in total. The van der Waals surface area contributed by atoms with Crippen LogP contribution in [0.4, 0.5) is 0 Å². The van der Waals surface area contributed by atoms with E-state index >= 15 is 0 Å². The molecule has 0 aliphatic carbocycles. The Kier molecular flexibility index (Phi) is 6.98. The van der Waals surface area contributed by atoms with Crippen molar-refractivity contribution in [1.29, 1.82) is 0 Å². The van der Waals surface area contributed by atoms with E-state index in [-0.39, 0.29) is 0 Å². The van der Waals surface area contributed by atoms with E-state index < -0.39 is 0 Å². The van der Waals surface area contributed by atoms with Gasteiger partial charge < -0.3 is 0 Å². The maximum absolute atomic E-state index is 5.13. The van der Waals surface area contributed by atoms with Crippen molar-refractivity contribution in [1.82, 2.24) is 0 Å². The van der Waals surface area contributed by atoms with E-state index in [1.54, 1.807) is 14.2 Å². The smallest absolute Gasteiger partial charge is 0.0956 e. The summed E-state index contributed by atoms with van der Waals surface area (Å²) in [6.45, 7) is 1.10. The van der Waals surface area contributed by atoms with Gasteiger partial charge in [0, 0.05) is 5.08 Å². The highest BCUT2D eigenvalue weighted by Gasteiger charge is 2.38. The van der Waals surface area contributed by atoms with Crippen molar-refractivity contribution < 1.29 is 19.6 Å². The fourth-order valence-corrected chi connectivity index (χ4v) is 11.6. The summed E-state index contributed by atoms with van der Waals surface area (Å²) < 4.78 is 5.71. The predicted molar refractivity (Wildman–Crippen MR) is 98.0 cm³/mol. The zero-order chi connectivity index (χ0) is 14.7. The molecule has 3 aliphatic heterocycles. The quantitative estimate of drug-likeness (QED) is 0.467. The fourth-order valence-electron chi connectivity index (χ4n) is 1.77. The topological polar surface area (TPSA) is 36.9 Å². The monoisotopic (exact) mass is 402 g/mol. The number of hydrogen-bond donors (Lipinski definition) is 0. The van der Waals surface area contributed by atoms with E-state index in [2.05, 4.69) is 0 Å². The van der Waals surface area contributed by atoms with Crippen LogP contribution in [-0.2, 0) is 19.6 Å². The van der Waals surface area contributed by atoms with E-state index in [0.29, 0.717) is 23.7 Å². The van der Waals surface area contributed by atoms with Crippen LogP contribution in [0.25, 0.3) is 0 Å². The number of rotatable bonds is 6. The zero-order valence-electron chi connectivity index (χ0n) is 11.4. The van der Waals surface area contributed by atoms with Gasteiger partial charge in [-0.15, -0.1) is 47.0 Å². The molecule has 0 bridgehead atoms. The van der Waals surface area contributed by atoms with Gasteiger partial charge in [-0.3, -0.25) is 0 Å². The maximum Gasteiger partial charge on any atom is 0.0956 e. The molecule has 3 rings (SSSR count). The Labute approximate surface area is 149 Å². The molecule has 3 heterocycles. The summed E-state index contributed by atoms with van der Waals surface area (Å²) >= 11 is 11.4. The molecule has 0 saturated carbocycles. The minimum absolute atomic E-state index is 0.310. The number of hydrogen-bond acceptors (Lipinski definition) is 10. The van der Waals surface area contributed by atoms with Gasteiger partial charge in [0.2, 0.25) is 0 Å². The lowest BCUT2D eigenvalue weighted by molar-refractivity contribution is -0.280. The Hall–Kier alpha value is 1.42. The van der Waals surface area contributed by atoms with Crippen LogP contribution in [-0.4, -0.2) is 43.0 Å². The Morgan fingerprint density at radius 3 is 1.81 bits per heavy atom. The third kappa shape index (κ3) is 4.28. The summed E-state index contributed by atoms with van der Waals surface area (Å²) in [5, 5.41) is 1.77. The lowest BCUT2D eigenvalue weighted by Crippen LogP contribution is -2.25. The van der Waals surface area contributed by atoms with Crippen molar-refractivity contribution in [3.8, 4) is 0 Å². The molecule has 0 N–H and O–H groups in total. The highest BCUT2D eigenvalue weighted by molar-refractivity contribution is 8.46. The second-order valence-electron chi connectivity index (χ2n) is 3.98. The summed E-state index contributed by atoms with van der Waals surface area (Å²) in [5.74, 6) is 0. The lowest BCUT2D eigenvalue weighted by Gasteiger charge is -2.14. The molecule has 3 aliphatic rings. The van der Waals surface area contributed by atoms with Gasteiger partial charge in [-0.25, -0.2) is 19.6 Å². The van der Waals surface area contributed by atoms with Crippen LogP contribution in [0.5, 0.6) is 0 Å². The summed E-state index contributed by atoms with van der Waals surface area (Å²) in [6.07, 6.45) is 0. The van der Waals surface area contributed by atoms with Crippen molar-refractivity contribution in [3.05, 3.63) is 16.9 Å². The summed E-state index contributed by atoms with van der Waals surface area (Å²) in [6, 6.07) is 0. The van der Waals surface area contributed by atoms with Crippen molar-refractivity contribution in [2.75, 3.05) is 32.5 Å². The highest BCUT2D eigenvalue weighted by Crippen LogP contribution is 2.66. The van der Waals surface area contributed by atoms with E-state index in [1.807, 2.05) is 70.6 Å². The molecule has 0 spiro atoms. The van der Waals surface area contributed by atoms with Gasteiger partial charge in [0.05, 0.1) is 54.9 Å². The highest BCUT2D eigenvalue weighted by atomic mass is 32.3. The van der Waals surface area contributed by atoms with Crippen LogP contribution in [0.3, 0.4) is 0 Å². The van der Waals surface area contributed by atoms with Gasteiger partial charge in [0.1, 0.15) is 0 Å². The molecule has 10 heteroatoms.